The molecule has 1 rings (SSSR count). The van der Waals surface area contributed by atoms with Crippen LogP contribution in [0.1, 0.15) is 19.5 Å². The lowest BCUT2D eigenvalue weighted by Crippen LogP contribution is -2.33. The molecule has 13 heavy (non-hydrogen) atoms. The lowest BCUT2D eigenvalue weighted by Gasteiger charge is -2.16. The van der Waals surface area contributed by atoms with Crippen LogP contribution in [0.2, 0.25) is 0 Å². The maximum atomic E-state index is 11.3. The Bertz CT molecular complexity index is 329. The zero-order valence-corrected chi connectivity index (χ0v) is 7.82. The summed E-state index contributed by atoms with van der Waals surface area (Å²) in [5, 5.41) is 3.01. The molecular weight excluding hydrogens is 168 g/mol. The highest BCUT2D eigenvalue weighted by molar-refractivity contribution is 5.23. The third-order valence-electron chi connectivity index (χ3n) is 1.91. The number of hydrogen-bond acceptors (Lipinski definition) is 4. The lowest BCUT2D eigenvalue weighted by molar-refractivity contribution is 0.407. The standard InChI is InChI=1S/C8H14N4O/c1-3-7(10-2)12-5-4-6(9)11-8(12)13/h4-5,7,10H,3H2,1-2H3,(H2,9,11,13). The fourth-order valence-electron chi connectivity index (χ4n) is 1.20. The van der Waals surface area contributed by atoms with Crippen LogP contribution in [0.15, 0.2) is 17.1 Å². The SMILES string of the molecule is CCC(NC)n1ccc(N)nc1=O. The zero-order chi connectivity index (χ0) is 9.84. The Morgan fingerprint density at radius 3 is 2.92 bits per heavy atom. The predicted molar refractivity (Wildman–Crippen MR) is 51.3 cm³/mol. The molecule has 0 aliphatic rings. The fraction of sp³-hybridized carbons (Fsp3) is 0.500. The topological polar surface area (TPSA) is 72.9 Å². The van der Waals surface area contributed by atoms with Crippen LogP contribution in [0.3, 0.4) is 0 Å². The van der Waals surface area contributed by atoms with E-state index in [1.807, 2.05) is 6.92 Å². The van der Waals surface area contributed by atoms with Crippen LogP contribution in [-0.4, -0.2) is 16.6 Å². The smallest absolute Gasteiger partial charge is 0.350 e. The van der Waals surface area contributed by atoms with E-state index in [2.05, 4.69) is 10.3 Å². The molecule has 0 amide bonds. The van der Waals surface area contributed by atoms with Crippen LogP contribution in [0.25, 0.3) is 0 Å². The van der Waals surface area contributed by atoms with Gasteiger partial charge < -0.3 is 5.73 Å². The minimum Gasteiger partial charge on any atom is -0.383 e. The molecule has 1 aromatic heterocycles. The van der Waals surface area contributed by atoms with Crippen LogP contribution < -0.4 is 16.7 Å². The molecule has 1 unspecified atom stereocenters. The molecule has 0 saturated carbocycles. The largest absolute Gasteiger partial charge is 0.383 e. The molecular formula is C8H14N4O. The molecule has 0 aromatic carbocycles. The lowest BCUT2D eigenvalue weighted by atomic mass is 10.3. The van der Waals surface area contributed by atoms with Crippen molar-refractivity contribution in [2.45, 2.75) is 19.5 Å². The van der Waals surface area contributed by atoms with Crippen molar-refractivity contribution in [1.29, 1.82) is 0 Å². The van der Waals surface area contributed by atoms with Crippen molar-refractivity contribution >= 4 is 5.82 Å². The maximum absolute atomic E-state index is 11.3. The van der Waals surface area contributed by atoms with Gasteiger partial charge in [0.05, 0.1) is 6.17 Å². The molecule has 1 atom stereocenters. The van der Waals surface area contributed by atoms with E-state index in [4.69, 9.17) is 5.73 Å². The Balaban J connectivity index is 3.07. The van der Waals surface area contributed by atoms with E-state index in [0.29, 0.717) is 0 Å². The molecule has 0 fully saturated rings. The van der Waals surface area contributed by atoms with Gasteiger partial charge in [-0.05, 0) is 19.5 Å². The first-order chi connectivity index (χ1) is 6.19. The maximum Gasteiger partial charge on any atom is 0.350 e. The Kier molecular flexibility index (Phi) is 3.02. The average molecular weight is 182 g/mol. The third kappa shape index (κ3) is 2.06. The number of nitrogens with two attached hydrogens (primary N) is 1. The fourth-order valence-corrected chi connectivity index (χ4v) is 1.20. The summed E-state index contributed by atoms with van der Waals surface area (Å²) in [6.07, 6.45) is 2.46. The van der Waals surface area contributed by atoms with Gasteiger partial charge in [0, 0.05) is 6.20 Å². The molecule has 1 aromatic rings. The minimum absolute atomic E-state index is 0.0133. The Labute approximate surface area is 76.6 Å². The Morgan fingerprint density at radius 2 is 2.46 bits per heavy atom. The summed E-state index contributed by atoms with van der Waals surface area (Å²) < 4.78 is 1.52. The molecule has 0 radical (unpaired) electrons. The van der Waals surface area contributed by atoms with Gasteiger partial charge in [-0.3, -0.25) is 9.88 Å². The van der Waals surface area contributed by atoms with Gasteiger partial charge in [0.2, 0.25) is 0 Å². The van der Waals surface area contributed by atoms with Crippen LogP contribution in [0, 0.1) is 0 Å². The number of anilines is 1. The summed E-state index contributed by atoms with van der Waals surface area (Å²) in [6.45, 7) is 1.99. The van der Waals surface area contributed by atoms with Crippen LogP contribution in [-0.2, 0) is 0 Å². The summed E-state index contributed by atoms with van der Waals surface area (Å²) in [5.41, 5.74) is 5.05. The van der Waals surface area contributed by atoms with Crippen LogP contribution >= 0.6 is 0 Å². The number of nitrogens with one attached hydrogen (secondary N) is 1. The highest BCUT2D eigenvalue weighted by Gasteiger charge is 2.07. The van der Waals surface area contributed by atoms with Gasteiger partial charge in [-0.15, -0.1) is 0 Å². The number of nitrogen functional groups attached to an aromatic ring is 1. The normalized spacial score (nSPS) is 12.8. The summed E-state index contributed by atoms with van der Waals surface area (Å²) in [5.74, 6) is 0.257. The second-order valence-electron chi connectivity index (χ2n) is 2.75. The van der Waals surface area contributed by atoms with E-state index < -0.39 is 0 Å². The second kappa shape index (κ2) is 4.04. The first-order valence-electron chi connectivity index (χ1n) is 4.21. The van der Waals surface area contributed by atoms with Gasteiger partial charge in [0.1, 0.15) is 5.82 Å². The average Bonchev–Trinajstić information content (AvgIpc) is 2.10. The van der Waals surface area contributed by atoms with Gasteiger partial charge in [-0.1, -0.05) is 6.92 Å². The summed E-state index contributed by atoms with van der Waals surface area (Å²) >= 11 is 0. The molecule has 0 aliphatic heterocycles. The summed E-state index contributed by atoms with van der Waals surface area (Å²) in [6, 6.07) is 1.61. The van der Waals surface area contributed by atoms with Gasteiger partial charge in [-0.25, -0.2) is 4.79 Å². The molecule has 3 N–H and O–H groups in total. The van der Waals surface area contributed by atoms with E-state index in [-0.39, 0.29) is 17.7 Å². The molecule has 1 heterocycles. The third-order valence-corrected chi connectivity index (χ3v) is 1.91. The number of nitrogens with zero attached hydrogens (tertiary/aromatic N) is 2. The van der Waals surface area contributed by atoms with Crippen molar-refractivity contribution in [3.63, 3.8) is 0 Å². The van der Waals surface area contributed by atoms with Crippen LogP contribution in [0.4, 0.5) is 5.82 Å². The Morgan fingerprint density at radius 1 is 1.77 bits per heavy atom. The molecule has 5 nitrogen and oxygen atoms in total. The quantitative estimate of drug-likeness (QED) is 0.687. The highest BCUT2D eigenvalue weighted by Crippen LogP contribution is 2.02. The van der Waals surface area contributed by atoms with Crippen molar-refractivity contribution in [2.24, 2.45) is 0 Å². The number of rotatable bonds is 3. The highest BCUT2D eigenvalue weighted by atomic mass is 16.1. The van der Waals surface area contributed by atoms with E-state index in [0.717, 1.165) is 6.42 Å². The molecule has 72 valence electrons. The van der Waals surface area contributed by atoms with Crippen molar-refractivity contribution in [3.05, 3.63) is 22.7 Å². The number of aromatic nitrogens is 2. The van der Waals surface area contributed by atoms with Crippen molar-refractivity contribution in [1.82, 2.24) is 14.9 Å². The first-order valence-corrected chi connectivity index (χ1v) is 4.21. The first kappa shape index (κ1) is 9.73. The summed E-state index contributed by atoms with van der Waals surface area (Å²) in [4.78, 5) is 15.0. The predicted octanol–water partition coefficient (Wildman–Crippen LogP) is -0.0465. The van der Waals surface area contributed by atoms with E-state index in [9.17, 15) is 4.79 Å². The minimum atomic E-state index is -0.318. The van der Waals surface area contributed by atoms with Gasteiger partial charge >= 0.3 is 5.69 Å². The van der Waals surface area contributed by atoms with Crippen molar-refractivity contribution < 1.29 is 0 Å². The molecule has 0 spiro atoms. The van der Waals surface area contributed by atoms with E-state index in [1.54, 1.807) is 19.3 Å². The van der Waals surface area contributed by atoms with Gasteiger partial charge in [0.15, 0.2) is 0 Å². The van der Waals surface area contributed by atoms with Gasteiger partial charge in [0.25, 0.3) is 0 Å². The monoisotopic (exact) mass is 182 g/mol. The number of hydrogen-bond donors (Lipinski definition) is 2. The van der Waals surface area contributed by atoms with Crippen LogP contribution in [0.5, 0.6) is 0 Å². The molecule has 5 heteroatoms. The molecule has 0 aliphatic carbocycles. The molecule has 0 bridgehead atoms. The van der Waals surface area contributed by atoms with Gasteiger partial charge in [-0.2, -0.15) is 4.98 Å². The van der Waals surface area contributed by atoms with Crippen molar-refractivity contribution in [3.8, 4) is 0 Å². The van der Waals surface area contributed by atoms with E-state index >= 15 is 0 Å². The second-order valence-corrected chi connectivity index (χ2v) is 2.75. The van der Waals surface area contributed by atoms with E-state index in [1.165, 1.54) is 4.57 Å². The Hall–Kier alpha value is -1.36. The molecule has 0 saturated heterocycles. The summed E-state index contributed by atoms with van der Waals surface area (Å²) in [7, 11) is 1.80. The zero-order valence-electron chi connectivity index (χ0n) is 7.82. The van der Waals surface area contributed by atoms with Crippen molar-refractivity contribution in [2.75, 3.05) is 12.8 Å².